The summed E-state index contributed by atoms with van der Waals surface area (Å²) < 4.78 is 0. The van der Waals surface area contributed by atoms with Crippen molar-refractivity contribution in [1.82, 2.24) is 0 Å². The van der Waals surface area contributed by atoms with Crippen LogP contribution in [-0.2, 0) is 0 Å². The van der Waals surface area contributed by atoms with Gasteiger partial charge in [-0.3, -0.25) is 10.1 Å². The predicted molar refractivity (Wildman–Crippen MR) is 74.3 cm³/mol. The Morgan fingerprint density at radius 1 is 0.947 bits per heavy atom. The highest BCUT2D eigenvalue weighted by Crippen LogP contribution is 2.15. The van der Waals surface area contributed by atoms with Gasteiger partial charge in [0.2, 0.25) is 6.04 Å². The van der Waals surface area contributed by atoms with E-state index in [-0.39, 0.29) is 4.92 Å². The highest BCUT2D eigenvalue weighted by molar-refractivity contribution is 5.43. The highest BCUT2D eigenvalue weighted by Gasteiger charge is 2.14. The lowest BCUT2D eigenvalue weighted by atomic mass is 10.1. The van der Waals surface area contributed by atoms with Crippen LogP contribution in [0.4, 0.5) is 0 Å². The van der Waals surface area contributed by atoms with Crippen molar-refractivity contribution in [2.75, 3.05) is 0 Å². The fourth-order valence-corrected chi connectivity index (χ4v) is 1.63. The van der Waals surface area contributed by atoms with E-state index < -0.39 is 6.04 Å². The van der Waals surface area contributed by atoms with E-state index in [4.69, 9.17) is 0 Å². The molecule has 0 N–H and O–H groups in total. The van der Waals surface area contributed by atoms with Crippen molar-refractivity contribution in [2.45, 2.75) is 13.0 Å². The number of hydrogen-bond donors (Lipinski definition) is 0. The summed E-state index contributed by atoms with van der Waals surface area (Å²) in [5, 5.41) is 10.7. The Morgan fingerprint density at radius 2 is 1.47 bits per heavy atom. The van der Waals surface area contributed by atoms with Gasteiger partial charge in [-0.25, -0.2) is 0 Å². The van der Waals surface area contributed by atoms with Gasteiger partial charge in [0.05, 0.1) is 0 Å². The van der Waals surface area contributed by atoms with Crippen molar-refractivity contribution in [2.24, 2.45) is 0 Å². The Balaban J connectivity index is 2.16. The first-order valence-electron chi connectivity index (χ1n) is 5.97. The molecule has 3 nitrogen and oxygen atoms in total. The lowest BCUT2D eigenvalue weighted by molar-refractivity contribution is -0.524. The average Bonchev–Trinajstić information content (AvgIpc) is 2.46. The van der Waals surface area contributed by atoms with E-state index in [1.807, 2.05) is 42.5 Å². The largest absolute Gasteiger partial charge is 0.264 e. The van der Waals surface area contributed by atoms with E-state index in [0.29, 0.717) is 5.56 Å². The SMILES string of the molecule is CC(c1ccc(C#Cc2ccccc2)cc1)[N+](=O)[O-]. The molecular formula is C16H13NO2. The molecule has 1 atom stereocenters. The lowest BCUT2D eigenvalue weighted by Gasteiger charge is -2.03. The maximum absolute atomic E-state index is 10.7. The molecular weight excluding hydrogens is 238 g/mol. The summed E-state index contributed by atoms with van der Waals surface area (Å²) in [6, 6.07) is 16.1. The number of benzene rings is 2. The molecule has 94 valence electrons. The van der Waals surface area contributed by atoms with Crippen LogP contribution in [0.1, 0.15) is 29.7 Å². The van der Waals surface area contributed by atoms with E-state index in [2.05, 4.69) is 11.8 Å². The van der Waals surface area contributed by atoms with Gasteiger partial charge < -0.3 is 0 Å². The molecule has 0 bridgehead atoms. The van der Waals surface area contributed by atoms with Crippen LogP contribution >= 0.6 is 0 Å². The molecule has 1 unspecified atom stereocenters. The Kier molecular flexibility index (Phi) is 3.94. The molecule has 0 saturated heterocycles. The van der Waals surface area contributed by atoms with Crippen LogP contribution in [0.15, 0.2) is 54.6 Å². The zero-order valence-electron chi connectivity index (χ0n) is 10.5. The van der Waals surface area contributed by atoms with Gasteiger partial charge in [-0.05, 0) is 24.3 Å². The van der Waals surface area contributed by atoms with E-state index in [0.717, 1.165) is 11.1 Å². The van der Waals surface area contributed by atoms with Crippen molar-refractivity contribution < 1.29 is 4.92 Å². The fourth-order valence-electron chi connectivity index (χ4n) is 1.63. The molecule has 2 aromatic carbocycles. The van der Waals surface area contributed by atoms with Crippen LogP contribution in [0.5, 0.6) is 0 Å². The second-order valence-corrected chi connectivity index (χ2v) is 4.20. The third kappa shape index (κ3) is 3.43. The molecule has 2 aromatic rings. The predicted octanol–water partition coefficient (Wildman–Crippen LogP) is 3.42. The van der Waals surface area contributed by atoms with Crippen LogP contribution in [-0.4, -0.2) is 4.92 Å². The zero-order valence-corrected chi connectivity index (χ0v) is 10.5. The molecule has 0 saturated carbocycles. The van der Waals surface area contributed by atoms with E-state index in [9.17, 15) is 10.1 Å². The molecule has 0 aromatic heterocycles. The molecule has 0 aliphatic rings. The molecule has 0 amide bonds. The smallest absolute Gasteiger partial charge is 0.235 e. The molecule has 2 rings (SSSR count). The van der Waals surface area contributed by atoms with Gasteiger partial charge in [0.15, 0.2) is 0 Å². The Morgan fingerprint density at radius 3 is 2.00 bits per heavy atom. The number of rotatable bonds is 2. The first-order chi connectivity index (χ1) is 9.16. The summed E-state index contributed by atoms with van der Waals surface area (Å²) in [6.07, 6.45) is 0. The fraction of sp³-hybridized carbons (Fsp3) is 0.125. The summed E-state index contributed by atoms with van der Waals surface area (Å²) in [7, 11) is 0. The summed E-state index contributed by atoms with van der Waals surface area (Å²) >= 11 is 0. The lowest BCUT2D eigenvalue weighted by Crippen LogP contribution is -2.05. The van der Waals surface area contributed by atoms with Crippen LogP contribution in [0.2, 0.25) is 0 Å². The Hall–Kier alpha value is -2.60. The quantitative estimate of drug-likeness (QED) is 0.466. The number of hydrogen-bond acceptors (Lipinski definition) is 2. The van der Waals surface area contributed by atoms with E-state index in [1.165, 1.54) is 0 Å². The Bertz CT molecular complexity index is 621. The van der Waals surface area contributed by atoms with E-state index >= 15 is 0 Å². The first-order valence-corrected chi connectivity index (χ1v) is 5.97. The second-order valence-electron chi connectivity index (χ2n) is 4.20. The monoisotopic (exact) mass is 251 g/mol. The van der Waals surface area contributed by atoms with Crippen LogP contribution in [0.25, 0.3) is 0 Å². The standard InChI is InChI=1S/C16H13NO2/c1-13(17(18)19)16-11-9-15(10-12-16)8-7-14-5-3-2-4-6-14/h2-6,9-13H,1H3. The average molecular weight is 251 g/mol. The molecule has 0 heterocycles. The first kappa shape index (κ1) is 12.8. The van der Waals surface area contributed by atoms with Crippen molar-refractivity contribution in [3.63, 3.8) is 0 Å². The normalized spacial score (nSPS) is 11.2. The van der Waals surface area contributed by atoms with Gasteiger partial charge in [-0.1, -0.05) is 42.2 Å². The highest BCUT2D eigenvalue weighted by atomic mass is 16.6. The minimum atomic E-state index is -0.684. The summed E-state index contributed by atoms with van der Waals surface area (Å²) in [4.78, 5) is 10.4. The van der Waals surface area contributed by atoms with Crippen molar-refractivity contribution in [1.29, 1.82) is 0 Å². The molecule has 19 heavy (non-hydrogen) atoms. The molecule has 3 heteroatoms. The summed E-state index contributed by atoms with van der Waals surface area (Å²) in [5.41, 5.74) is 2.49. The zero-order chi connectivity index (χ0) is 13.7. The van der Waals surface area contributed by atoms with Crippen LogP contribution in [0, 0.1) is 22.0 Å². The van der Waals surface area contributed by atoms with Crippen LogP contribution < -0.4 is 0 Å². The van der Waals surface area contributed by atoms with Gasteiger partial charge in [0, 0.05) is 28.5 Å². The van der Waals surface area contributed by atoms with Crippen molar-refractivity contribution >= 4 is 0 Å². The third-order valence-corrected chi connectivity index (χ3v) is 2.83. The third-order valence-electron chi connectivity index (χ3n) is 2.83. The summed E-state index contributed by atoms with van der Waals surface area (Å²) in [6.45, 7) is 1.57. The van der Waals surface area contributed by atoms with Crippen LogP contribution in [0.3, 0.4) is 0 Å². The number of nitrogens with zero attached hydrogens (tertiary/aromatic N) is 1. The van der Waals surface area contributed by atoms with Gasteiger partial charge in [0.1, 0.15) is 0 Å². The van der Waals surface area contributed by atoms with Crippen molar-refractivity contribution in [3.8, 4) is 11.8 Å². The minimum absolute atomic E-state index is 0.301. The van der Waals surface area contributed by atoms with E-state index in [1.54, 1.807) is 19.1 Å². The Labute approximate surface area is 112 Å². The molecule has 0 aliphatic heterocycles. The maximum Gasteiger partial charge on any atom is 0.235 e. The summed E-state index contributed by atoms with van der Waals surface area (Å²) in [5.74, 6) is 6.08. The molecule has 0 spiro atoms. The van der Waals surface area contributed by atoms with Crippen molar-refractivity contribution in [3.05, 3.63) is 81.4 Å². The van der Waals surface area contributed by atoms with Gasteiger partial charge in [-0.15, -0.1) is 0 Å². The molecule has 0 radical (unpaired) electrons. The van der Waals surface area contributed by atoms with Gasteiger partial charge >= 0.3 is 0 Å². The van der Waals surface area contributed by atoms with Gasteiger partial charge in [0.25, 0.3) is 0 Å². The maximum atomic E-state index is 10.7. The van der Waals surface area contributed by atoms with Gasteiger partial charge in [-0.2, -0.15) is 0 Å². The number of nitro groups is 1. The minimum Gasteiger partial charge on any atom is -0.264 e. The molecule has 0 aliphatic carbocycles. The second kappa shape index (κ2) is 5.83. The topological polar surface area (TPSA) is 43.1 Å². The molecule has 0 fully saturated rings.